The second kappa shape index (κ2) is 8.69. The van der Waals surface area contributed by atoms with E-state index in [1.165, 1.54) is 18.9 Å². The maximum atomic E-state index is 13.7. The quantitative estimate of drug-likeness (QED) is 0.818. The summed E-state index contributed by atoms with van der Waals surface area (Å²) in [6, 6.07) is 0.420. The van der Waals surface area contributed by atoms with Gasteiger partial charge in [-0.3, -0.25) is 14.4 Å². The molecule has 29 heavy (non-hydrogen) atoms. The van der Waals surface area contributed by atoms with Crippen LogP contribution in [0.15, 0.2) is 23.0 Å². The van der Waals surface area contributed by atoms with Crippen LogP contribution >= 0.6 is 0 Å². The van der Waals surface area contributed by atoms with Crippen LogP contribution in [0.2, 0.25) is 0 Å². The van der Waals surface area contributed by atoms with Crippen LogP contribution in [0.1, 0.15) is 62.2 Å². The standard InChI is InChI=1S/C22H30N2O5/c1-14(15-6-3-2-4-7-15)19(23-21(26)16-9-11-28-12-16)22(27)24-10-5-8-18-20(24)17(25)13-29-18/h9,11-12,14-15,18-20H,2-8,10,13H2,1H3,(H,23,26)/t14?,18-,19-,20-/m0/s1. The first kappa shape index (κ1) is 20.1. The Morgan fingerprint density at radius 1 is 1.17 bits per heavy atom. The molecule has 7 nitrogen and oxygen atoms in total. The van der Waals surface area contributed by atoms with Gasteiger partial charge in [0.15, 0.2) is 5.78 Å². The molecular formula is C22H30N2O5. The van der Waals surface area contributed by atoms with Crippen molar-refractivity contribution in [1.82, 2.24) is 10.2 Å². The number of piperidine rings is 1. The fraction of sp³-hybridized carbons (Fsp3) is 0.682. The third-order valence-corrected chi connectivity index (χ3v) is 6.88. The molecule has 158 valence electrons. The lowest BCUT2D eigenvalue weighted by Crippen LogP contribution is -2.60. The number of amides is 2. The minimum Gasteiger partial charge on any atom is -0.472 e. The van der Waals surface area contributed by atoms with E-state index in [9.17, 15) is 14.4 Å². The average molecular weight is 402 g/mol. The molecule has 7 heteroatoms. The summed E-state index contributed by atoms with van der Waals surface area (Å²) < 4.78 is 10.6. The number of ketones is 1. The molecule has 2 saturated heterocycles. The fourth-order valence-corrected chi connectivity index (χ4v) is 5.19. The van der Waals surface area contributed by atoms with Gasteiger partial charge in [0.1, 0.15) is 25.0 Å². The zero-order chi connectivity index (χ0) is 20.4. The normalized spacial score (nSPS) is 27.3. The predicted octanol–water partition coefficient (Wildman–Crippen LogP) is 2.55. The van der Waals surface area contributed by atoms with E-state index < -0.39 is 12.1 Å². The number of carbonyl (C=O) groups is 3. The Hall–Kier alpha value is -2.15. The molecule has 3 fully saturated rings. The van der Waals surface area contributed by atoms with Gasteiger partial charge in [0, 0.05) is 6.54 Å². The summed E-state index contributed by atoms with van der Waals surface area (Å²) in [7, 11) is 0. The largest absolute Gasteiger partial charge is 0.472 e. The van der Waals surface area contributed by atoms with Crippen LogP contribution in [0, 0.1) is 11.8 Å². The molecule has 3 heterocycles. The summed E-state index contributed by atoms with van der Waals surface area (Å²) in [5, 5.41) is 2.97. The molecule has 1 N–H and O–H groups in total. The molecule has 0 spiro atoms. The van der Waals surface area contributed by atoms with E-state index in [0.717, 1.165) is 38.5 Å². The van der Waals surface area contributed by atoms with E-state index in [-0.39, 0.29) is 36.2 Å². The number of furan rings is 1. The van der Waals surface area contributed by atoms with Gasteiger partial charge in [-0.2, -0.15) is 0 Å². The number of fused-ring (bicyclic) bond motifs is 1. The van der Waals surface area contributed by atoms with Crippen LogP contribution in [-0.4, -0.2) is 53.8 Å². The van der Waals surface area contributed by atoms with E-state index in [1.807, 2.05) is 0 Å². The van der Waals surface area contributed by atoms with Gasteiger partial charge in [0.2, 0.25) is 5.91 Å². The van der Waals surface area contributed by atoms with Crippen molar-refractivity contribution >= 4 is 17.6 Å². The Morgan fingerprint density at radius 3 is 2.69 bits per heavy atom. The molecule has 0 radical (unpaired) electrons. The Labute approximate surface area is 171 Å². The molecule has 4 rings (SSSR count). The Kier molecular flexibility index (Phi) is 6.04. The lowest BCUT2D eigenvalue weighted by Gasteiger charge is -2.40. The summed E-state index contributed by atoms with van der Waals surface area (Å²) in [6.07, 6.45) is 9.90. The number of Topliss-reactive ketones (excluding diaryl/α,β-unsaturated/α-hetero) is 1. The highest BCUT2D eigenvalue weighted by atomic mass is 16.5. The van der Waals surface area contributed by atoms with Crippen LogP contribution in [0.4, 0.5) is 0 Å². The van der Waals surface area contributed by atoms with Gasteiger partial charge in [-0.1, -0.05) is 39.0 Å². The Morgan fingerprint density at radius 2 is 1.97 bits per heavy atom. The SMILES string of the molecule is CC(C1CCCCC1)[C@H](NC(=O)c1ccoc1)C(=O)N1CCC[C@@H]2OCC(=O)[C@@H]21. The maximum absolute atomic E-state index is 13.7. The van der Waals surface area contributed by atoms with Crippen molar-refractivity contribution in [2.75, 3.05) is 13.2 Å². The monoisotopic (exact) mass is 402 g/mol. The summed E-state index contributed by atoms with van der Waals surface area (Å²) in [6.45, 7) is 2.66. The van der Waals surface area contributed by atoms with Gasteiger partial charge in [-0.15, -0.1) is 0 Å². The average Bonchev–Trinajstić information content (AvgIpc) is 3.42. The molecule has 0 bridgehead atoms. The van der Waals surface area contributed by atoms with E-state index in [1.54, 1.807) is 11.0 Å². The number of hydrogen-bond donors (Lipinski definition) is 1. The van der Waals surface area contributed by atoms with Gasteiger partial charge in [0.05, 0.1) is 17.9 Å². The van der Waals surface area contributed by atoms with Gasteiger partial charge >= 0.3 is 0 Å². The van der Waals surface area contributed by atoms with Crippen molar-refractivity contribution < 1.29 is 23.5 Å². The minimum absolute atomic E-state index is 0.00329. The van der Waals surface area contributed by atoms with Crippen LogP contribution in [0.25, 0.3) is 0 Å². The van der Waals surface area contributed by atoms with E-state index >= 15 is 0 Å². The molecule has 1 unspecified atom stereocenters. The predicted molar refractivity (Wildman–Crippen MR) is 105 cm³/mol. The maximum Gasteiger partial charge on any atom is 0.255 e. The molecule has 4 atom stereocenters. The molecular weight excluding hydrogens is 372 g/mol. The van der Waals surface area contributed by atoms with Gasteiger partial charge in [-0.05, 0) is 30.7 Å². The van der Waals surface area contributed by atoms with Crippen molar-refractivity contribution in [3.05, 3.63) is 24.2 Å². The van der Waals surface area contributed by atoms with E-state index in [2.05, 4.69) is 12.2 Å². The summed E-state index contributed by atoms with van der Waals surface area (Å²) >= 11 is 0. The van der Waals surface area contributed by atoms with E-state index in [0.29, 0.717) is 18.0 Å². The van der Waals surface area contributed by atoms with Gasteiger partial charge in [-0.25, -0.2) is 0 Å². The summed E-state index contributed by atoms with van der Waals surface area (Å²) in [5.74, 6) is -0.126. The van der Waals surface area contributed by atoms with Crippen LogP contribution < -0.4 is 5.32 Å². The Balaban J connectivity index is 1.57. The highest BCUT2D eigenvalue weighted by Crippen LogP contribution is 2.34. The van der Waals surface area contributed by atoms with Crippen LogP contribution in [0.5, 0.6) is 0 Å². The minimum atomic E-state index is -0.660. The molecule has 3 aliphatic rings. The van der Waals surface area contributed by atoms with E-state index in [4.69, 9.17) is 9.15 Å². The molecule has 1 aliphatic carbocycles. The first-order valence-electron chi connectivity index (χ1n) is 10.8. The number of nitrogens with one attached hydrogen (secondary N) is 1. The second-order valence-electron chi connectivity index (χ2n) is 8.65. The lowest BCUT2D eigenvalue weighted by molar-refractivity contribution is -0.144. The number of likely N-dealkylation sites (tertiary alicyclic amines) is 1. The molecule has 1 saturated carbocycles. The van der Waals surface area contributed by atoms with Crippen molar-refractivity contribution in [2.24, 2.45) is 11.8 Å². The topological polar surface area (TPSA) is 88.8 Å². The summed E-state index contributed by atoms with van der Waals surface area (Å²) in [5.41, 5.74) is 0.399. The number of hydrogen-bond acceptors (Lipinski definition) is 5. The van der Waals surface area contributed by atoms with Crippen molar-refractivity contribution in [3.8, 4) is 0 Å². The highest BCUT2D eigenvalue weighted by Gasteiger charge is 2.47. The zero-order valence-corrected chi connectivity index (χ0v) is 17.0. The van der Waals surface area contributed by atoms with Crippen LogP contribution in [0.3, 0.4) is 0 Å². The second-order valence-corrected chi connectivity index (χ2v) is 8.65. The molecule has 2 amide bonds. The molecule has 1 aromatic heterocycles. The fourth-order valence-electron chi connectivity index (χ4n) is 5.19. The molecule has 2 aliphatic heterocycles. The smallest absolute Gasteiger partial charge is 0.255 e. The van der Waals surface area contributed by atoms with Crippen molar-refractivity contribution in [2.45, 2.75) is 70.1 Å². The number of ether oxygens (including phenoxy) is 1. The molecule has 0 aromatic carbocycles. The van der Waals surface area contributed by atoms with Gasteiger partial charge in [0.25, 0.3) is 5.91 Å². The highest BCUT2D eigenvalue weighted by molar-refractivity contribution is 5.99. The molecule has 1 aromatic rings. The lowest BCUT2D eigenvalue weighted by atomic mass is 9.77. The van der Waals surface area contributed by atoms with Crippen molar-refractivity contribution in [1.29, 1.82) is 0 Å². The first-order valence-corrected chi connectivity index (χ1v) is 10.8. The third kappa shape index (κ3) is 4.10. The Bertz CT molecular complexity index is 740. The van der Waals surface area contributed by atoms with Gasteiger partial charge < -0.3 is 19.4 Å². The number of nitrogens with zero attached hydrogens (tertiary/aromatic N) is 1. The zero-order valence-electron chi connectivity index (χ0n) is 17.0. The van der Waals surface area contributed by atoms with Crippen molar-refractivity contribution in [3.63, 3.8) is 0 Å². The number of carbonyl (C=O) groups excluding carboxylic acids is 3. The van der Waals surface area contributed by atoms with Crippen LogP contribution in [-0.2, 0) is 14.3 Å². The summed E-state index contributed by atoms with van der Waals surface area (Å²) in [4.78, 5) is 40.5. The third-order valence-electron chi connectivity index (χ3n) is 6.88. The first-order chi connectivity index (χ1) is 14.1. The number of rotatable bonds is 5.